The first-order chi connectivity index (χ1) is 5.79. The van der Waals surface area contributed by atoms with Crippen LogP contribution in [0.5, 0.6) is 0 Å². The molecular weight excluding hydrogens is 216 g/mol. The zero-order valence-electron chi connectivity index (χ0n) is 6.70. The molecular formula is C9H11BrN2. The second kappa shape index (κ2) is 3.15. The molecule has 0 radical (unpaired) electrons. The van der Waals surface area contributed by atoms with Crippen LogP contribution in [0.25, 0.3) is 0 Å². The quantitative estimate of drug-likeness (QED) is 0.841. The van der Waals surface area contributed by atoms with Crippen molar-refractivity contribution in [1.82, 2.24) is 4.98 Å². The van der Waals surface area contributed by atoms with Gasteiger partial charge in [0, 0.05) is 10.7 Å². The summed E-state index contributed by atoms with van der Waals surface area (Å²) in [7, 11) is 0. The van der Waals surface area contributed by atoms with Crippen LogP contribution in [0.3, 0.4) is 0 Å². The van der Waals surface area contributed by atoms with Gasteiger partial charge in [-0.3, -0.25) is 4.98 Å². The molecule has 0 saturated heterocycles. The van der Waals surface area contributed by atoms with Gasteiger partial charge in [-0.15, -0.1) is 0 Å². The molecule has 1 atom stereocenters. The summed E-state index contributed by atoms with van der Waals surface area (Å²) in [5, 5.41) is 0. The number of nitrogens with two attached hydrogens (primary N) is 1. The molecule has 0 aromatic carbocycles. The van der Waals surface area contributed by atoms with Gasteiger partial charge in [0.25, 0.3) is 0 Å². The number of nitrogens with zero attached hydrogens (tertiary/aromatic N) is 1. The van der Waals surface area contributed by atoms with E-state index in [1.165, 1.54) is 12.8 Å². The van der Waals surface area contributed by atoms with Crippen LogP contribution in [0.4, 0.5) is 0 Å². The lowest BCUT2D eigenvalue weighted by Crippen LogP contribution is -2.14. The fourth-order valence-electron chi connectivity index (χ4n) is 1.32. The molecule has 1 fully saturated rings. The average molecular weight is 227 g/mol. The van der Waals surface area contributed by atoms with Gasteiger partial charge < -0.3 is 5.73 Å². The van der Waals surface area contributed by atoms with E-state index in [0.29, 0.717) is 5.92 Å². The lowest BCUT2D eigenvalue weighted by atomic mass is 10.1. The van der Waals surface area contributed by atoms with Crippen molar-refractivity contribution >= 4 is 15.9 Å². The van der Waals surface area contributed by atoms with E-state index < -0.39 is 0 Å². The highest BCUT2D eigenvalue weighted by Crippen LogP contribution is 2.40. The molecule has 1 aliphatic carbocycles. The Hall–Kier alpha value is -0.410. The standard InChI is InChI=1S/C9H11BrN2/c10-7-2-1-5-12-9(7)8(11)6-3-4-6/h1-2,5-6,8H,3-4,11H2. The maximum absolute atomic E-state index is 6.01. The molecule has 64 valence electrons. The monoisotopic (exact) mass is 226 g/mol. The third-order valence-corrected chi connectivity index (χ3v) is 2.90. The van der Waals surface area contributed by atoms with E-state index in [0.717, 1.165) is 10.2 Å². The second-order valence-electron chi connectivity index (χ2n) is 3.23. The number of hydrogen-bond acceptors (Lipinski definition) is 2. The molecule has 1 unspecified atom stereocenters. The molecule has 1 aliphatic rings. The number of aromatic nitrogens is 1. The van der Waals surface area contributed by atoms with Crippen LogP contribution in [0.15, 0.2) is 22.8 Å². The summed E-state index contributed by atoms with van der Waals surface area (Å²) in [6.45, 7) is 0. The number of hydrogen-bond donors (Lipinski definition) is 1. The Morgan fingerprint density at radius 1 is 1.58 bits per heavy atom. The van der Waals surface area contributed by atoms with Crippen LogP contribution >= 0.6 is 15.9 Å². The number of halogens is 1. The third-order valence-electron chi connectivity index (χ3n) is 2.23. The van der Waals surface area contributed by atoms with Crippen LogP contribution in [0.1, 0.15) is 24.6 Å². The lowest BCUT2D eigenvalue weighted by molar-refractivity contribution is 0.612. The predicted molar refractivity (Wildman–Crippen MR) is 51.6 cm³/mol. The van der Waals surface area contributed by atoms with Crippen molar-refractivity contribution < 1.29 is 0 Å². The first-order valence-corrected chi connectivity index (χ1v) is 4.94. The van der Waals surface area contributed by atoms with Gasteiger partial charge in [-0.05, 0) is 46.8 Å². The van der Waals surface area contributed by atoms with Gasteiger partial charge in [-0.25, -0.2) is 0 Å². The molecule has 1 aromatic rings. The summed E-state index contributed by atoms with van der Waals surface area (Å²) in [4.78, 5) is 4.27. The van der Waals surface area contributed by atoms with Crippen molar-refractivity contribution in [2.75, 3.05) is 0 Å². The fourth-order valence-corrected chi connectivity index (χ4v) is 1.84. The first kappa shape index (κ1) is 8.20. The summed E-state index contributed by atoms with van der Waals surface area (Å²) >= 11 is 3.45. The van der Waals surface area contributed by atoms with Crippen molar-refractivity contribution in [3.8, 4) is 0 Å². The smallest absolute Gasteiger partial charge is 0.0715 e. The van der Waals surface area contributed by atoms with Crippen LogP contribution < -0.4 is 5.73 Å². The molecule has 0 aliphatic heterocycles. The summed E-state index contributed by atoms with van der Waals surface area (Å²) in [5.41, 5.74) is 7.01. The molecule has 1 heterocycles. The lowest BCUT2D eigenvalue weighted by Gasteiger charge is -2.10. The Labute approximate surface area is 80.3 Å². The van der Waals surface area contributed by atoms with E-state index in [9.17, 15) is 0 Å². The summed E-state index contributed by atoms with van der Waals surface area (Å²) in [6.07, 6.45) is 4.30. The number of rotatable bonds is 2. The molecule has 3 heteroatoms. The van der Waals surface area contributed by atoms with Gasteiger partial charge >= 0.3 is 0 Å². The maximum Gasteiger partial charge on any atom is 0.0715 e. The first-order valence-electron chi connectivity index (χ1n) is 4.15. The Bertz CT molecular complexity index is 284. The molecule has 0 amide bonds. The van der Waals surface area contributed by atoms with Gasteiger partial charge in [0.1, 0.15) is 0 Å². The molecule has 0 bridgehead atoms. The fraction of sp³-hybridized carbons (Fsp3) is 0.444. The van der Waals surface area contributed by atoms with Gasteiger partial charge in [0.2, 0.25) is 0 Å². The Morgan fingerprint density at radius 2 is 2.33 bits per heavy atom. The second-order valence-corrected chi connectivity index (χ2v) is 4.09. The van der Waals surface area contributed by atoms with Crippen molar-refractivity contribution in [2.45, 2.75) is 18.9 Å². The molecule has 12 heavy (non-hydrogen) atoms. The van der Waals surface area contributed by atoms with Crippen LogP contribution in [0, 0.1) is 5.92 Å². The van der Waals surface area contributed by atoms with E-state index in [-0.39, 0.29) is 6.04 Å². The van der Waals surface area contributed by atoms with Crippen LogP contribution in [-0.4, -0.2) is 4.98 Å². The van der Waals surface area contributed by atoms with Crippen molar-refractivity contribution in [2.24, 2.45) is 11.7 Å². The van der Waals surface area contributed by atoms with E-state index in [2.05, 4.69) is 20.9 Å². The zero-order valence-corrected chi connectivity index (χ0v) is 8.29. The zero-order chi connectivity index (χ0) is 8.55. The molecule has 2 nitrogen and oxygen atoms in total. The highest BCUT2D eigenvalue weighted by atomic mass is 79.9. The average Bonchev–Trinajstić information content (AvgIpc) is 2.86. The molecule has 1 saturated carbocycles. The van der Waals surface area contributed by atoms with Crippen LogP contribution in [0.2, 0.25) is 0 Å². The summed E-state index contributed by atoms with van der Waals surface area (Å²) in [6, 6.07) is 4.03. The Balaban J connectivity index is 2.25. The SMILES string of the molecule is NC(c1ncccc1Br)C1CC1. The predicted octanol–water partition coefficient (Wildman–Crippen LogP) is 2.25. The van der Waals surface area contributed by atoms with Crippen molar-refractivity contribution in [1.29, 1.82) is 0 Å². The van der Waals surface area contributed by atoms with E-state index in [4.69, 9.17) is 5.73 Å². The van der Waals surface area contributed by atoms with E-state index in [1.807, 2.05) is 12.1 Å². The highest BCUT2D eigenvalue weighted by Gasteiger charge is 2.31. The van der Waals surface area contributed by atoms with Crippen molar-refractivity contribution in [3.63, 3.8) is 0 Å². The normalized spacial score (nSPS) is 19.2. The maximum atomic E-state index is 6.01. The largest absolute Gasteiger partial charge is 0.322 e. The molecule has 1 aromatic heterocycles. The minimum atomic E-state index is 0.126. The third kappa shape index (κ3) is 1.52. The topological polar surface area (TPSA) is 38.9 Å². The minimum absolute atomic E-state index is 0.126. The van der Waals surface area contributed by atoms with Gasteiger partial charge in [-0.1, -0.05) is 0 Å². The van der Waals surface area contributed by atoms with Gasteiger partial charge in [-0.2, -0.15) is 0 Å². The highest BCUT2D eigenvalue weighted by molar-refractivity contribution is 9.10. The van der Waals surface area contributed by atoms with Gasteiger partial charge in [0.15, 0.2) is 0 Å². The van der Waals surface area contributed by atoms with E-state index in [1.54, 1.807) is 6.20 Å². The van der Waals surface area contributed by atoms with Gasteiger partial charge in [0.05, 0.1) is 11.7 Å². The molecule has 0 spiro atoms. The summed E-state index contributed by atoms with van der Waals surface area (Å²) < 4.78 is 1.03. The summed E-state index contributed by atoms with van der Waals surface area (Å²) in [5.74, 6) is 0.663. The number of pyridine rings is 1. The van der Waals surface area contributed by atoms with E-state index >= 15 is 0 Å². The van der Waals surface area contributed by atoms with Crippen molar-refractivity contribution in [3.05, 3.63) is 28.5 Å². The molecule has 2 rings (SSSR count). The molecule has 2 N–H and O–H groups in total. The minimum Gasteiger partial charge on any atom is -0.322 e. The van der Waals surface area contributed by atoms with Crippen LogP contribution in [-0.2, 0) is 0 Å². The Kier molecular flexibility index (Phi) is 2.15. The Morgan fingerprint density at radius 3 is 2.92 bits per heavy atom.